The fraction of sp³-hybridized carbons (Fsp3) is 0.636. The molecule has 0 aromatic carbocycles. The molecule has 84 valence electrons. The van der Waals surface area contributed by atoms with Crippen molar-refractivity contribution in [2.24, 2.45) is 0 Å². The van der Waals surface area contributed by atoms with E-state index in [-0.39, 0.29) is 0 Å². The number of carbonyl (C=O) groups excluding carboxylic acids is 2. The van der Waals surface area contributed by atoms with Crippen LogP contribution in [0.25, 0.3) is 0 Å². The van der Waals surface area contributed by atoms with Crippen LogP contribution >= 0.6 is 0 Å². The van der Waals surface area contributed by atoms with Gasteiger partial charge in [0.05, 0.1) is 6.04 Å². The van der Waals surface area contributed by atoms with Crippen LogP contribution in [0.3, 0.4) is 0 Å². The minimum absolute atomic E-state index is 0.410. The van der Waals surface area contributed by atoms with E-state index in [1.165, 1.54) is 4.90 Å². The zero-order chi connectivity index (χ0) is 11.6. The maximum atomic E-state index is 11.7. The van der Waals surface area contributed by atoms with Crippen molar-refractivity contribution < 1.29 is 14.3 Å². The van der Waals surface area contributed by atoms with Crippen LogP contribution in [0, 0.1) is 0 Å². The van der Waals surface area contributed by atoms with E-state index < -0.39 is 17.7 Å². The first-order chi connectivity index (χ1) is 6.83. The zero-order valence-electron chi connectivity index (χ0n) is 9.45. The van der Waals surface area contributed by atoms with Crippen molar-refractivity contribution in [3.05, 3.63) is 12.2 Å². The number of hydrogen-bond donors (Lipinski definition) is 0. The second kappa shape index (κ2) is 4.04. The third-order valence-corrected chi connectivity index (χ3v) is 2.08. The van der Waals surface area contributed by atoms with Gasteiger partial charge in [-0.1, -0.05) is 12.2 Å². The van der Waals surface area contributed by atoms with Crippen LogP contribution in [-0.4, -0.2) is 35.5 Å². The number of aldehydes is 1. The van der Waals surface area contributed by atoms with Crippen LogP contribution in [0.1, 0.15) is 27.2 Å². The molecule has 0 unspecified atom stereocenters. The summed E-state index contributed by atoms with van der Waals surface area (Å²) in [7, 11) is 0. The maximum Gasteiger partial charge on any atom is 0.411 e. The Morgan fingerprint density at radius 2 is 2.20 bits per heavy atom. The van der Waals surface area contributed by atoms with E-state index in [0.717, 1.165) is 11.9 Å². The van der Waals surface area contributed by atoms with E-state index in [1.54, 1.807) is 20.8 Å². The average molecular weight is 211 g/mol. The molecule has 1 fully saturated rings. The number of amides is 1. The predicted octanol–water partition coefficient (Wildman–Crippen LogP) is 1.75. The topological polar surface area (TPSA) is 46.6 Å². The summed E-state index contributed by atoms with van der Waals surface area (Å²) in [6.45, 7) is 9.58. The molecule has 1 rings (SSSR count). The van der Waals surface area contributed by atoms with Crippen LogP contribution < -0.4 is 0 Å². The Hall–Kier alpha value is -1.32. The van der Waals surface area contributed by atoms with Crippen LogP contribution in [0.5, 0.6) is 0 Å². The van der Waals surface area contributed by atoms with Gasteiger partial charge in [-0.2, -0.15) is 0 Å². The molecule has 0 N–H and O–H groups in total. The first-order valence-electron chi connectivity index (χ1n) is 4.95. The molecule has 1 heterocycles. The number of carbonyl (C=O) groups is 2. The van der Waals surface area contributed by atoms with Crippen LogP contribution in [0.15, 0.2) is 12.2 Å². The Labute approximate surface area is 89.9 Å². The van der Waals surface area contributed by atoms with Crippen molar-refractivity contribution in [3.63, 3.8) is 0 Å². The van der Waals surface area contributed by atoms with Crippen LogP contribution in [0.2, 0.25) is 0 Å². The minimum Gasteiger partial charge on any atom is -0.444 e. The highest BCUT2D eigenvalue weighted by Gasteiger charge is 2.33. The predicted molar refractivity (Wildman–Crippen MR) is 56.5 cm³/mol. The van der Waals surface area contributed by atoms with E-state index in [0.29, 0.717) is 13.0 Å². The van der Waals surface area contributed by atoms with Gasteiger partial charge >= 0.3 is 6.09 Å². The fourth-order valence-corrected chi connectivity index (χ4v) is 1.47. The normalized spacial score (nSPS) is 21.7. The molecule has 1 aliphatic rings. The lowest BCUT2D eigenvalue weighted by Gasteiger charge is -2.26. The molecule has 0 radical (unpaired) electrons. The molecule has 1 saturated heterocycles. The highest BCUT2D eigenvalue weighted by atomic mass is 16.6. The van der Waals surface area contributed by atoms with Crippen LogP contribution in [-0.2, 0) is 9.53 Å². The van der Waals surface area contributed by atoms with Gasteiger partial charge in [0.25, 0.3) is 0 Å². The Morgan fingerprint density at radius 3 is 2.67 bits per heavy atom. The third kappa shape index (κ3) is 3.08. The van der Waals surface area contributed by atoms with Crippen molar-refractivity contribution in [2.45, 2.75) is 38.8 Å². The van der Waals surface area contributed by atoms with E-state index in [1.807, 2.05) is 0 Å². The Kier molecular flexibility index (Phi) is 3.17. The zero-order valence-corrected chi connectivity index (χ0v) is 9.45. The molecule has 0 aliphatic carbocycles. The van der Waals surface area contributed by atoms with Gasteiger partial charge in [-0.3, -0.25) is 4.90 Å². The lowest BCUT2D eigenvalue weighted by Crippen LogP contribution is -2.40. The van der Waals surface area contributed by atoms with Crippen molar-refractivity contribution in [2.75, 3.05) is 6.54 Å². The molecule has 0 aromatic heterocycles. The van der Waals surface area contributed by atoms with E-state index in [9.17, 15) is 9.59 Å². The first kappa shape index (κ1) is 11.8. The van der Waals surface area contributed by atoms with E-state index in [4.69, 9.17) is 4.74 Å². The number of ether oxygens (including phenoxy) is 1. The standard InChI is InChI=1S/C11H17NO3/c1-8-5-9(7-13)12(6-8)10(14)15-11(2,3)4/h7,9H,1,5-6H2,2-4H3/t9-/m1/s1. The van der Waals surface area contributed by atoms with Gasteiger partial charge in [0, 0.05) is 6.54 Å². The largest absolute Gasteiger partial charge is 0.444 e. The summed E-state index contributed by atoms with van der Waals surface area (Å²) in [5.74, 6) is 0. The minimum atomic E-state index is -0.533. The third-order valence-electron chi connectivity index (χ3n) is 2.08. The van der Waals surface area contributed by atoms with Crippen molar-refractivity contribution in [3.8, 4) is 0 Å². The van der Waals surface area contributed by atoms with E-state index in [2.05, 4.69) is 6.58 Å². The summed E-state index contributed by atoms with van der Waals surface area (Å²) in [5.41, 5.74) is 0.354. The summed E-state index contributed by atoms with van der Waals surface area (Å²) >= 11 is 0. The molecule has 1 aliphatic heterocycles. The molecule has 0 aromatic rings. The highest BCUT2D eigenvalue weighted by Crippen LogP contribution is 2.22. The van der Waals surface area contributed by atoms with Gasteiger partial charge in [-0.15, -0.1) is 0 Å². The molecule has 4 nitrogen and oxygen atoms in total. The molecule has 0 spiro atoms. The number of likely N-dealkylation sites (tertiary alicyclic amines) is 1. The Balaban J connectivity index is 2.67. The number of hydrogen-bond acceptors (Lipinski definition) is 3. The second-order valence-corrected chi connectivity index (χ2v) is 4.77. The SMILES string of the molecule is C=C1C[C@H](C=O)N(C(=O)OC(C)(C)C)C1. The van der Waals surface area contributed by atoms with Gasteiger partial charge in [0.2, 0.25) is 0 Å². The molecule has 0 saturated carbocycles. The van der Waals surface area contributed by atoms with Crippen molar-refractivity contribution >= 4 is 12.4 Å². The van der Waals surface area contributed by atoms with Crippen molar-refractivity contribution in [1.82, 2.24) is 4.90 Å². The molecule has 0 bridgehead atoms. The maximum absolute atomic E-state index is 11.7. The summed E-state index contributed by atoms with van der Waals surface area (Å²) in [4.78, 5) is 23.8. The monoisotopic (exact) mass is 211 g/mol. The first-order valence-corrected chi connectivity index (χ1v) is 4.95. The Morgan fingerprint density at radius 1 is 1.60 bits per heavy atom. The van der Waals surface area contributed by atoms with Gasteiger partial charge in [-0.05, 0) is 27.2 Å². The fourth-order valence-electron chi connectivity index (χ4n) is 1.47. The lowest BCUT2D eigenvalue weighted by molar-refractivity contribution is -0.111. The lowest BCUT2D eigenvalue weighted by atomic mass is 10.2. The Bertz CT molecular complexity index is 291. The molecule has 1 amide bonds. The number of rotatable bonds is 1. The van der Waals surface area contributed by atoms with Gasteiger partial charge in [0.1, 0.15) is 11.9 Å². The summed E-state index contributed by atoms with van der Waals surface area (Å²) in [5, 5.41) is 0. The smallest absolute Gasteiger partial charge is 0.411 e. The molecule has 15 heavy (non-hydrogen) atoms. The number of nitrogens with zero attached hydrogens (tertiary/aromatic N) is 1. The van der Waals surface area contributed by atoms with E-state index >= 15 is 0 Å². The molecule has 1 atom stereocenters. The second-order valence-electron chi connectivity index (χ2n) is 4.77. The van der Waals surface area contributed by atoms with Crippen molar-refractivity contribution in [1.29, 1.82) is 0 Å². The van der Waals surface area contributed by atoms with Gasteiger partial charge in [-0.25, -0.2) is 4.79 Å². The summed E-state index contributed by atoms with van der Waals surface area (Å²) in [6.07, 6.45) is 0.864. The average Bonchev–Trinajstić information content (AvgIpc) is 2.43. The van der Waals surface area contributed by atoms with Gasteiger partial charge < -0.3 is 9.53 Å². The van der Waals surface area contributed by atoms with Crippen LogP contribution in [0.4, 0.5) is 4.79 Å². The molecular weight excluding hydrogens is 194 g/mol. The molecule has 4 heteroatoms. The quantitative estimate of drug-likeness (QED) is 0.490. The summed E-state index contributed by atoms with van der Waals surface area (Å²) < 4.78 is 5.19. The van der Waals surface area contributed by atoms with Gasteiger partial charge in [0.15, 0.2) is 0 Å². The highest BCUT2D eigenvalue weighted by molar-refractivity contribution is 5.75. The molecular formula is C11H17NO3. The summed E-state index contributed by atoms with van der Waals surface area (Å²) in [6, 6.07) is -0.410.